The van der Waals surface area contributed by atoms with Crippen LogP contribution >= 0.6 is 0 Å². The summed E-state index contributed by atoms with van der Waals surface area (Å²) in [5.41, 5.74) is 9.72. The van der Waals surface area contributed by atoms with Gasteiger partial charge in [0.05, 0.1) is 11.4 Å². The third-order valence-corrected chi connectivity index (χ3v) is 5.26. The van der Waals surface area contributed by atoms with Gasteiger partial charge in [-0.1, -0.05) is 36.4 Å². The molecule has 3 aromatic rings. The fraction of sp³-hybridized carbons (Fsp3) is 0.273. The van der Waals surface area contributed by atoms with E-state index in [0.717, 1.165) is 37.1 Å². The number of nitrogens with zero attached hydrogens (tertiary/aromatic N) is 3. The molecule has 6 heteroatoms. The molecule has 6 nitrogen and oxygen atoms in total. The Hall–Kier alpha value is -3.28. The van der Waals surface area contributed by atoms with Gasteiger partial charge in [-0.25, -0.2) is 0 Å². The average Bonchev–Trinajstić information content (AvgIpc) is 2.73. The monoisotopic (exact) mass is 376 g/mol. The summed E-state index contributed by atoms with van der Waals surface area (Å²) in [7, 11) is 0. The highest BCUT2D eigenvalue weighted by molar-refractivity contribution is 5.83. The molecular weight excluding hydrogens is 352 g/mol. The van der Waals surface area contributed by atoms with E-state index in [1.807, 2.05) is 30.3 Å². The predicted octanol–water partition coefficient (Wildman–Crippen LogP) is 3.49. The zero-order valence-electron chi connectivity index (χ0n) is 15.9. The molecule has 0 bridgehead atoms. The third-order valence-electron chi connectivity index (χ3n) is 5.26. The van der Waals surface area contributed by atoms with Crippen molar-refractivity contribution in [2.45, 2.75) is 26.2 Å². The molecule has 1 saturated heterocycles. The predicted molar refractivity (Wildman–Crippen MR) is 112 cm³/mol. The van der Waals surface area contributed by atoms with Crippen LogP contribution < -0.4 is 16.2 Å². The normalized spacial score (nSPS) is 14.2. The molecule has 3 N–H and O–H groups in total. The van der Waals surface area contributed by atoms with Crippen LogP contribution in [0.1, 0.15) is 24.8 Å². The first-order valence-corrected chi connectivity index (χ1v) is 9.59. The Morgan fingerprint density at radius 1 is 1.04 bits per heavy atom. The number of phenolic OH excluding ortho intramolecular Hbond substituents is 1. The Morgan fingerprint density at radius 3 is 2.43 bits per heavy atom. The number of piperidine rings is 1. The fourth-order valence-corrected chi connectivity index (χ4v) is 3.67. The van der Waals surface area contributed by atoms with Gasteiger partial charge in [0.1, 0.15) is 17.1 Å². The molecule has 1 aliphatic heterocycles. The molecule has 28 heavy (non-hydrogen) atoms. The molecular formula is C22H24N4O2. The lowest BCUT2D eigenvalue weighted by Crippen LogP contribution is -2.35. The molecule has 0 amide bonds. The first-order chi connectivity index (χ1) is 13.6. The maximum Gasteiger partial charge on any atom is 0.296 e. The van der Waals surface area contributed by atoms with Crippen molar-refractivity contribution in [3.05, 3.63) is 64.4 Å². The van der Waals surface area contributed by atoms with Crippen molar-refractivity contribution >= 4 is 11.4 Å². The Labute approximate surface area is 163 Å². The zero-order valence-corrected chi connectivity index (χ0v) is 15.9. The van der Waals surface area contributed by atoms with Crippen molar-refractivity contribution in [2.75, 3.05) is 23.7 Å². The SMILES string of the molecule is Cc1ccc(-n2nc(-c3ccccc3)c(N3CCCCC3)c(N)c2=O)cc1O. The number of phenols is 1. The maximum atomic E-state index is 13.1. The lowest BCUT2D eigenvalue weighted by Gasteiger charge is -2.31. The van der Waals surface area contributed by atoms with Gasteiger partial charge in [0, 0.05) is 24.7 Å². The summed E-state index contributed by atoms with van der Waals surface area (Å²) in [5.74, 6) is 0.117. The molecule has 0 atom stereocenters. The number of nitrogens with two attached hydrogens (primary N) is 1. The van der Waals surface area contributed by atoms with Crippen LogP contribution in [0.25, 0.3) is 16.9 Å². The van der Waals surface area contributed by atoms with Crippen LogP contribution in [0.2, 0.25) is 0 Å². The smallest absolute Gasteiger partial charge is 0.296 e. The Morgan fingerprint density at radius 2 is 1.75 bits per heavy atom. The molecule has 0 radical (unpaired) electrons. The standard InChI is InChI=1S/C22H24N4O2/c1-15-10-11-17(14-18(15)27)26-22(28)19(23)21(25-12-6-3-7-13-25)20(24-26)16-8-4-2-5-9-16/h2,4-5,8-11,14,27H,3,6-7,12-13,23H2,1H3. The van der Waals surface area contributed by atoms with Crippen molar-refractivity contribution in [2.24, 2.45) is 0 Å². The van der Waals surface area contributed by atoms with E-state index in [4.69, 9.17) is 10.8 Å². The molecule has 4 rings (SSSR count). The molecule has 2 heterocycles. The maximum absolute atomic E-state index is 13.1. The van der Waals surface area contributed by atoms with Crippen LogP contribution in [0.5, 0.6) is 5.75 Å². The Balaban J connectivity index is 1.96. The highest BCUT2D eigenvalue weighted by Crippen LogP contribution is 2.34. The summed E-state index contributed by atoms with van der Waals surface area (Å²) >= 11 is 0. The first-order valence-electron chi connectivity index (χ1n) is 9.59. The number of hydrogen-bond acceptors (Lipinski definition) is 5. The van der Waals surface area contributed by atoms with Gasteiger partial charge in [-0.05, 0) is 37.8 Å². The first kappa shape index (κ1) is 18.1. The molecule has 1 aromatic heterocycles. The van der Waals surface area contributed by atoms with Gasteiger partial charge in [0.25, 0.3) is 5.56 Å². The molecule has 0 spiro atoms. The number of hydrogen-bond donors (Lipinski definition) is 2. The number of nitrogen functional groups attached to an aromatic ring is 1. The van der Waals surface area contributed by atoms with Crippen LogP contribution in [0.3, 0.4) is 0 Å². The second kappa shape index (κ2) is 7.38. The molecule has 2 aromatic carbocycles. The highest BCUT2D eigenvalue weighted by atomic mass is 16.3. The number of aryl methyl sites for hydroxylation is 1. The van der Waals surface area contributed by atoms with Gasteiger partial charge in [-0.15, -0.1) is 0 Å². The van der Waals surface area contributed by atoms with E-state index < -0.39 is 0 Å². The molecule has 0 unspecified atom stereocenters. The second-order valence-corrected chi connectivity index (χ2v) is 7.21. The van der Waals surface area contributed by atoms with Crippen molar-refractivity contribution in [1.29, 1.82) is 0 Å². The van der Waals surface area contributed by atoms with E-state index in [9.17, 15) is 9.90 Å². The summed E-state index contributed by atoms with van der Waals surface area (Å²) in [6.45, 7) is 3.53. The molecule has 1 fully saturated rings. The van der Waals surface area contributed by atoms with Gasteiger partial charge in [-0.3, -0.25) is 4.79 Å². The summed E-state index contributed by atoms with van der Waals surface area (Å²) in [6.07, 6.45) is 3.33. The van der Waals surface area contributed by atoms with Gasteiger partial charge in [0.2, 0.25) is 0 Å². The molecule has 1 aliphatic rings. The van der Waals surface area contributed by atoms with Crippen LogP contribution in [0.4, 0.5) is 11.4 Å². The molecule has 0 saturated carbocycles. The second-order valence-electron chi connectivity index (χ2n) is 7.21. The Kier molecular flexibility index (Phi) is 4.77. The van der Waals surface area contributed by atoms with Gasteiger partial charge < -0.3 is 15.7 Å². The van der Waals surface area contributed by atoms with Crippen molar-refractivity contribution in [3.8, 4) is 22.7 Å². The third kappa shape index (κ3) is 3.22. The van der Waals surface area contributed by atoms with Gasteiger partial charge in [-0.2, -0.15) is 9.78 Å². The van der Waals surface area contributed by atoms with E-state index in [1.54, 1.807) is 25.1 Å². The molecule has 0 aliphatic carbocycles. The van der Waals surface area contributed by atoms with Crippen molar-refractivity contribution in [1.82, 2.24) is 9.78 Å². The summed E-state index contributed by atoms with van der Waals surface area (Å²) < 4.78 is 1.28. The van der Waals surface area contributed by atoms with Crippen LogP contribution in [0.15, 0.2) is 53.3 Å². The lowest BCUT2D eigenvalue weighted by molar-refractivity contribution is 0.470. The molecule has 144 valence electrons. The largest absolute Gasteiger partial charge is 0.508 e. The zero-order chi connectivity index (χ0) is 19.7. The minimum absolute atomic E-state index is 0.117. The van der Waals surface area contributed by atoms with Crippen molar-refractivity contribution < 1.29 is 5.11 Å². The van der Waals surface area contributed by atoms with Gasteiger partial charge in [0.15, 0.2) is 0 Å². The van der Waals surface area contributed by atoms with Crippen LogP contribution in [0, 0.1) is 6.92 Å². The Bertz CT molecular complexity index is 1050. The van der Waals surface area contributed by atoms with E-state index in [0.29, 0.717) is 17.1 Å². The highest BCUT2D eigenvalue weighted by Gasteiger charge is 2.23. The summed E-state index contributed by atoms with van der Waals surface area (Å²) in [5, 5.41) is 14.8. The topological polar surface area (TPSA) is 84.4 Å². The number of rotatable bonds is 3. The van der Waals surface area contributed by atoms with E-state index in [2.05, 4.69) is 4.90 Å². The summed E-state index contributed by atoms with van der Waals surface area (Å²) in [4.78, 5) is 15.3. The van der Waals surface area contributed by atoms with Gasteiger partial charge >= 0.3 is 0 Å². The van der Waals surface area contributed by atoms with E-state index >= 15 is 0 Å². The number of aromatic nitrogens is 2. The van der Waals surface area contributed by atoms with E-state index in [1.165, 1.54) is 11.1 Å². The fourth-order valence-electron chi connectivity index (χ4n) is 3.67. The summed E-state index contributed by atoms with van der Waals surface area (Å²) in [6, 6.07) is 14.8. The van der Waals surface area contributed by atoms with E-state index in [-0.39, 0.29) is 17.0 Å². The number of benzene rings is 2. The minimum Gasteiger partial charge on any atom is -0.508 e. The average molecular weight is 376 g/mol. The minimum atomic E-state index is -0.372. The quantitative estimate of drug-likeness (QED) is 0.731. The lowest BCUT2D eigenvalue weighted by atomic mass is 10.1. The van der Waals surface area contributed by atoms with Crippen LogP contribution in [-0.2, 0) is 0 Å². The van der Waals surface area contributed by atoms with Crippen LogP contribution in [-0.4, -0.2) is 28.0 Å². The number of aromatic hydroxyl groups is 1. The number of anilines is 2. The van der Waals surface area contributed by atoms with Crippen molar-refractivity contribution in [3.63, 3.8) is 0 Å².